The minimum atomic E-state index is -4.68. The molecular formula is C17H13ClF3N5OS. The fraction of sp³-hybridized carbons (Fsp3) is 0.118. The number of halogens is 4. The van der Waals surface area contributed by atoms with Gasteiger partial charge < -0.3 is 11.1 Å². The summed E-state index contributed by atoms with van der Waals surface area (Å²) in [7, 11) is 0. The number of anilines is 2. The molecule has 146 valence electrons. The van der Waals surface area contributed by atoms with E-state index in [-0.39, 0.29) is 16.1 Å². The molecule has 0 fully saturated rings. The Kier molecular flexibility index (Phi) is 5.80. The minimum Gasteiger partial charge on any atom is -0.368 e. The van der Waals surface area contributed by atoms with Crippen molar-refractivity contribution >= 4 is 40.9 Å². The molecule has 0 saturated heterocycles. The van der Waals surface area contributed by atoms with Crippen molar-refractivity contribution in [3.63, 3.8) is 0 Å². The van der Waals surface area contributed by atoms with E-state index in [4.69, 9.17) is 17.3 Å². The normalized spacial score (nSPS) is 12.6. The topological polar surface area (TPSA) is 96.7 Å². The Morgan fingerprint density at radius 1 is 1.21 bits per heavy atom. The van der Waals surface area contributed by atoms with Gasteiger partial charge in [0.2, 0.25) is 17.0 Å². The molecule has 0 radical (unpaired) electrons. The predicted molar refractivity (Wildman–Crippen MR) is 101 cm³/mol. The van der Waals surface area contributed by atoms with Gasteiger partial charge in [-0.25, -0.2) is 5.10 Å². The molecule has 1 amide bonds. The van der Waals surface area contributed by atoms with Gasteiger partial charge >= 0.3 is 6.18 Å². The summed E-state index contributed by atoms with van der Waals surface area (Å²) in [5.74, 6) is -0.612. The average molecular weight is 428 g/mol. The molecule has 28 heavy (non-hydrogen) atoms. The van der Waals surface area contributed by atoms with Gasteiger partial charge in [-0.15, -0.1) is 5.10 Å². The van der Waals surface area contributed by atoms with Crippen LogP contribution in [0.15, 0.2) is 53.7 Å². The van der Waals surface area contributed by atoms with Gasteiger partial charge in [0.15, 0.2) is 0 Å². The third-order valence-corrected chi connectivity index (χ3v) is 4.94. The Bertz CT molecular complexity index is 980. The maximum absolute atomic E-state index is 13.3. The number of hydrogen-bond acceptors (Lipinski definition) is 5. The van der Waals surface area contributed by atoms with Crippen LogP contribution in [0.4, 0.5) is 24.8 Å². The molecule has 6 nitrogen and oxygen atoms in total. The molecule has 1 aromatic heterocycles. The van der Waals surface area contributed by atoms with E-state index >= 15 is 0 Å². The number of nitrogen functional groups attached to an aromatic ring is 1. The highest BCUT2D eigenvalue weighted by Crippen LogP contribution is 2.39. The quantitative estimate of drug-likeness (QED) is 0.520. The number of alkyl halides is 3. The van der Waals surface area contributed by atoms with Crippen LogP contribution in [0.25, 0.3) is 0 Å². The second-order valence-electron chi connectivity index (χ2n) is 5.59. The maximum atomic E-state index is 13.3. The Labute approximate surface area is 166 Å². The lowest BCUT2D eigenvalue weighted by molar-refractivity contribution is -0.137. The molecule has 11 heteroatoms. The van der Waals surface area contributed by atoms with Crippen molar-refractivity contribution in [3.05, 3.63) is 64.7 Å². The smallest absolute Gasteiger partial charge is 0.368 e. The second kappa shape index (κ2) is 8.11. The summed E-state index contributed by atoms with van der Waals surface area (Å²) in [6.07, 6.45) is -4.68. The summed E-state index contributed by atoms with van der Waals surface area (Å²) in [5, 5.41) is 7.84. The molecule has 2 aromatic carbocycles. The molecular weight excluding hydrogens is 415 g/mol. The van der Waals surface area contributed by atoms with Gasteiger partial charge in [0.25, 0.3) is 0 Å². The van der Waals surface area contributed by atoms with Gasteiger partial charge in [0, 0.05) is 5.02 Å². The number of carbonyl (C=O) groups is 1. The zero-order chi connectivity index (χ0) is 20.3. The molecule has 0 saturated carbocycles. The number of rotatable bonds is 5. The highest BCUT2D eigenvalue weighted by Gasteiger charge is 2.35. The van der Waals surface area contributed by atoms with E-state index < -0.39 is 28.6 Å². The minimum absolute atomic E-state index is 0.0618. The summed E-state index contributed by atoms with van der Waals surface area (Å²) in [5.41, 5.74) is 4.63. The van der Waals surface area contributed by atoms with E-state index in [1.165, 1.54) is 6.07 Å². The number of H-pyrrole nitrogens is 1. The van der Waals surface area contributed by atoms with Gasteiger partial charge in [0.05, 0.1) is 11.3 Å². The van der Waals surface area contributed by atoms with Crippen molar-refractivity contribution in [1.82, 2.24) is 15.2 Å². The van der Waals surface area contributed by atoms with Crippen molar-refractivity contribution < 1.29 is 18.0 Å². The van der Waals surface area contributed by atoms with Gasteiger partial charge in [-0.05, 0) is 23.8 Å². The first-order valence-electron chi connectivity index (χ1n) is 7.81. The van der Waals surface area contributed by atoms with E-state index in [1.54, 1.807) is 30.3 Å². The van der Waals surface area contributed by atoms with Crippen LogP contribution >= 0.6 is 23.4 Å². The number of aromatic nitrogens is 3. The number of amides is 1. The Morgan fingerprint density at radius 2 is 1.93 bits per heavy atom. The van der Waals surface area contributed by atoms with Crippen molar-refractivity contribution in [3.8, 4) is 0 Å². The van der Waals surface area contributed by atoms with Crippen LogP contribution in [0, 0.1) is 0 Å². The summed E-state index contributed by atoms with van der Waals surface area (Å²) in [4.78, 5) is 16.8. The SMILES string of the molecule is Nc1nc(S[C@H](C(=O)Nc2ccc(Cl)cc2C(F)(F)F)c2ccccc2)n[nH]1. The van der Waals surface area contributed by atoms with E-state index in [0.717, 1.165) is 23.9 Å². The predicted octanol–water partition coefficient (Wildman–Crippen LogP) is 4.53. The molecule has 4 N–H and O–H groups in total. The number of benzene rings is 2. The van der Waals surface area contributed by atoms with E-state index in [0.29, 0.717) is 5.56 Å². The third-order valence-electron chi connectivity index (χ3n) is 3.59. The highest BCUT2D eigenvalue weighted by atomic mass is 35.5. The fourth-order valence-electron chi connectivity index (χ4n) is 2.38. The molecule has 0 aliphatic carbocycles. The van der Waals surface area contributed by atoms with Crippen LogP contribution in [-0.4, -0.2) is 21.1 Å². The van der Waals surface area contributed by atoms with Crippen LogP contribution in [-0.2, 0) is 11.0 Å². The number of nitrogens with two attached hydrogens (primary N) is 1. The first kappa shape index (κ1) is 20.0. The number of thioether (sulfide) groups is 1. The van der Waals surface area contributed by atoms with E-state index in [2.05, 4.69) is 20.5 Å². The third kappa shape index (κ3) is 4.76. The number of carbonyl (C=O) groups excluding carboxylic acids is 1. The molecule has 3 aromatic rings. The molecule has 0 aliphatic rings. The van der Waals surface area contributed by atoms with Crippen molar-refractivity contribution in [2.24, 2.45) is 0 Å². The monoisotopic (exact) mass is 427 g/mol. The van der Waals surface area contributed by atoms with Gasteiger partial charge in [-0.1, -0.05) is 53.7 Å². The van der Waals surface area contributed by atoms with Gasteiger partial charge in [-0.2, -0.15) is 18.2 Å². The molecule has 1 heterocycles. The number of nitrogens with zero attached hydrogens (tertiary/aromatic N) is 2. The van der Waals surface area contributed by atoms with Gasteiger partial charge in [0.1, 0.15) is 5.25 Å². The van der Waals surface area contributed by atoms with Crippen molar-refractivity contribution in [2.75, 3.05) is 11.1 Å². The van der Waals surface area contributed by atoms with Crippen LogP contribution in [0.1, 0.15) is 16.4 Å². The molecule has 0 unspecified atom stereocenters. The van der Waals surface area contributed by atoms with E-state index in [9.17, 15) is 18.0 Å². The van der Waals surface area contributed by atoms with Crippen molar-refractivity contribution in [2.45, 2.75) is 16.6 Å². The largest absolute Gasteiger partial charge is 0.418 e. The lowest BCUT2D eigenvalue weighted by Crippen LogP contribution is -2.21. The van der Waals surface area contributed by atoms with Crippen LogP contribution < -0.4 is 11.1 Å². The Balaban J connectivity index is 1.92. The number of hydrogen-bond donors (Lipinski definition) is 3. The van der Waals surface area contributed by atoms with E-state index in [1.807, 2.05) is 0 Å². The Morgan fingerprint density at radius 3 is 2.54 bits per heavy atom. The first-order chi connectivity index (χ1) is 13.2. The van der Waals surface area contributed by atoms with Gasteiger partial charge in [-0.3, -0.25) is 4.79 Å². The molecule has 3 rings (SSSR count). The molecule has 0 aliphatic heterocycles. The zero-order valence-corrected chi connectivity index (χ0v) is 15.6. The summed E-state index contributed by atoms with van der Waals surface area (Å²) >= 11 is 6.63. The first-order valence-corrected chi connectivity index (χ1v) is 9.07. The summed E-state index contributed by atoms with van der Waals surface area (Å²) in [6.45, 7) is 0. The number of aromatic amines is 1. The maximum Gasteiger partial charge on any atom is 0.418 e. The van der Waals surface area contributed by atoms with Crippen LogP contribution in [0.5, 0.6) is 0 Å². The molecule has 0 bridgehead atoms. The molecule has 0 spiro atoms. The summed E-state index contributed by atoms with van der Waals surface area (Å²) < 4.78 is 39.9. The fourth-order valence-corrected chi connectivity index (χ4v) is 3.47. The lowest BCUT2D eigenvalue weighted by atomic mass is 10.1. The van der Waals surface area contributed by atoms with Crippen LogP contribution in [0.3, 0.4) is 0 Å². The average Bonchev–Trinajstić information content (AvgIpc) is 3.06. The van der Waals surface area contributed by atoms with Crippen LogP contribution in [0.2, 0.25) is 5.02 Å². The zero-order valence-electron chi connectivity index (χ0n) is 14.0. The Hall–Kier alpha value is -2.72. The van der Waals surface area contributed by atoms with Crippen molar-refractivity contribution in [1.29, 1.82) is 0 Å². The summed E-state index contributed by atoms with van der Waals surface area (Å²) in [6, 6.07) is 11.7. The number of nitrogens with one attached hydrogen (secondary N) is 2. The lowest BCUT2D eigenvalue weighted by Gasteiger charge is -2.18. The molecule has 1 atom stereocenters. The standard InChI is InChI=1S/C17H13ClF3N5OS/c18-10-6-7-12(11(8-10)17(19,20)21)23-14(27)13(9-4-2-1-3-5-9)28-16-24-15(22)25-26-16/h1-8,13H,(H,23,27)(H3,22,24,25,26)/t13-/m0/s1. The highest BCUT2D eigenvalue weighted by molar-refractivity contribution is 8.00. The second-order valence-corrected chi connectivity index (χ2v) is 7.10.